The van der Waals surface area contributed by atoms with Gasteiger partial charge in [0.2, 0.25) is 0 Å². The molecule has 1 aromatic carbocycles. The fourth-order valence-electron chi connectivity index (χ4n) is 1.54. The molecule has 0 aromatic heterocycles. The third-order valence-electron chi connectivity index (χ3n) is 2.79. The molecule has 3 nitrogen and oxygen atoms in total. The van der Waals surface area contributed by atoms with Crippen LogP contribution in [0.4, 0.5) is 0 Å². The molecule has 0 amide bonds. The fraction of sp³-hybridized carbons (Fsp3) is 0.538. The number of ether oxygens (including phenoxy) is 1. The maximum absolute atomic E-state index is 11.3. The van der Waals surface area contributed by atoms with Crippen molar-refractivity contribution in [3.8, 4) is 5.75 Å². The van der Waals surface area contributed by atoms with Crippen molar-refractivity contribution in [2.45, 2.75) is 51.0 Å². The highest BCUT2D eigenvalue weighted by Gasteiger charge is 2.16. The van der Waals surface area contributed by atoms with Crippen molar-refractivity contribution in [3.05, 3.63) is 23.8 Å². The van der Waals surface area contributed by atoms with Crippen molar-refractivity contribution in [1.29, 1.82) is 0 Å². The smallest absolute Gasteiger partial charge is 0.261 e. The average Bonchev–Trinajstić information content (AvgIpc) is 2.27. The highest BCUT2D eigenvalue weighted by atomic mass is 35.7. The van der Waals surface area contributed by atoms with Gasteiger partial charge in [-0.3, -0.25) is 0 Å². The Bertz CT molecular complexity index is 509. The summed E-state index contributed by atoms with van der Waals surface area (Å²) in [4.78, 5) is 0.115. The molecular formula is C13H19ClO3S. The first-order chi connectivity index (χ1) is 8.25. The van der Waals surface area contributed by atoms with Crippen LogP contribution in [0.3, 0.4) is 0 Å². The molecule has 0 spiro atoms. The lowest BCUT2D eigenvalue weighted by Crippen LogP contribution is -2.11. The van der Waals surface area contributed by atoms with Crippen molar-refractivity contribution in [1.82, 2.24) is 0 Å². The summed E-state index contributed by atoms with van der Waals surface area (Å²) in [5.74, 6) is 0.894. The molecule has 0 N–H and O–H groups in total. The molecule has 0 fully saturated rings. The summed E-state index contributed by atoms with van der Waals surface area (Å²) in [5.41, 5.74) is 0.858. The molecule has 18 heavy (non-hydrogen) atoms. The van der Waals surface area contributed by atoms with Crippen LogP contribution in [0.1, 0.15) is 45.6 Å². The number of hydrogen-bond donors (Lipinski definition) is 0. The van der Waals surface area contributed by atoms with E-state index < -0.39 is 9.05 Å². The lowest BCUT2D eigenvalue weighted by Gasteiger charge is -2.18. The first-order valence-electron chi connectivity index (χ1n) is 6.01. The Labute approximate surface area is 114 Å². The second-order valence-electron chi connectivity index (χ2n) is 4.63. The van der Waals surface area contributed by atoms with Gasteiger partial charge in [0.05, 0.1) is 11.0 Å². The average molecular weight is 291 g/mol. The van der Waals surface area contributed by atoms with E-state index >= 15 is 0 Å². The van der Waals surface area contributed by atoms with Crippen LogP contribution in [0.25, 0.3) is 0 Å². The van der Waals surface area contributed by atoms with E-state index in [-0.39, 0.29) is 16.9 Å². The molecule has 1 aromatic rings. The SMILES string of the molecule is CCC(C)Oc1ccc(S(=O)(=O)Cl)cc1C(C)C. The Morgan fingerprint density at radius 2 is 1.89 bits per heavy atom. The Morgan fingerprint density at radius 3 is 2.33 bits per heavy atom. The summed E-state index contributed by atoms with van der Waals surface area (Å²) in [6, 6.07) is 4.74. The molecule has 102 valence electrons. The molecule has 5 heteroatoms. The van der Waals surface area contributed by atoms with E-state index in [2.05, 4.69) is 0 Å². The summed E-state index contributed by atoms with van der Waals surface area (Å²) in [6.07, 6.45) is 0.994. The third-order valence-corrected chi connectivity index (χ3v) is 4.14. The van der Waals surface area contributed by atoms with E-state index in [0.717, 1.165) is 17.7 Å². The van der Waals surface area contributed by atoms with E-state index in [0.29, 0.717) is 0 Å². The minimum Gasteiger partial charge on any atom is -0.490 e. The summed E-state index contributed by atoms with van der Waals surface area (Å²) in [6.45, 7) is 8.00. The Balaban J connectivity index is 3.21. The van der Waals surface area contributed by atoms with E-state index in [1.807, 2.05) is 27.7 Å². The van der Waals surface area contributed by atoms with Gasteiger partial charge >= 0.3 is 0 Å². The van der Waals surface area contributed by atoms with E-state index in [4.69, 9.17) is 15.4 Å². The van der Waals surface area contributed by atoms with Gasteiger partial charge in [0.1, 0.15) is 5.75 Å². The summed E-state index contributed by atoms with van der Waals surface area (Å²) in [7, 11) is 1.66. The van der Waals surface area contributed by atoms with Crippen LogP contribution in [0.2, 0.25) is 0 Å². The molecule has 1 rings (SSSR count). The van der Waals surface area contributed by atoms with Crippen LogP contribution in [-0.4, -0.2) is 14.5 Å². The van der Waals surface area contributed by atoms with Gasteiger partial charge in [0.15, 0.2) is 0 Å². The Morgan fingerprint density at radius 1 is 1.28 bits per heavy atom. The number of hydrogen-bond acceptors (Lipinski definition) is 3. The summed E-state index contributed by atoms with van der Waals surface area (Å²) >= 11 is 0. The molecule has 0 saturated heterocycles. The standard InChI is InChI=1S/C13H19ClO3S/c1-5-10(4)17-13-7-6-11(18(14,15)16)8-12(13)9(2)3/h6-10H,5H2,1-4H3. The maximum Gasteiger partial charge on any atom is 0.261 e. The molecule has 1 atom stereocenters. The lowest BCUT2D eigenvalue weighted by molar-refractivity contribution is 0.214. The van der Waals surface area contributed by atoms with Gasteiger partial charge in [-0.2, -0.15) is 0 Å². The fourth-order valence-corrected chi connectivity index (χ4v) is 2.32. The first kappa shape index (κ1) is 15.3. The Hall–Kier alpha value is -0.740. The van der Waals surface area contributed by atoms with Crippen LogP contribution >= 0.6 is 10.7 Å². The largest absolute Gasteiger partial charge is 0.490 e. The molecule has 0 radical (unpaired) electrons. The van der Waals surface area contributed by atoms with Gasteiger partial charge in [0, 0.05) is 10.7 Å². The molecule has 0 aliphatic heterocycles. The molecule has 0 aliphatic rings. The van der Waals surface area contributed by atoms with Gasteiger partial charge < -0.3 is 4.74 Å². The first-order valence-corrected chi connectivity index (χ1v) is 8.32. The number of rotatable bonds is 5. The topological polar surface area (TPSA) is 43.4 Å². The maximum atomic E-state index is 11.3. The molecule has 0 heterocycles. The van der Waals surface area contributed by atoms with Crippen molar-refractivity contribution in [3.63, 3.8) is 0 Å². The summed E-state index contributed by atoms with van der Waals surface area (Å²) < 4.78 is 28.4. The van der Waals surface area contributed by atoms with Crippen LogP contribution in [0, 0.1) is 0 Å². The minimum absolute atomic E-state index is 0.0981. The molecule has 0 saturated carbocycles. The zero-order chi connectivity index (χ0) is 13.9. The highest BCUT2D eigenvalue weighted by molar-refractivity contribution is 8.13. The molecule has 1 unspecified atom stereocenters. The van der Waals surface area contributed by atoms with Gasteiger partial charge in [-0.15, -0.1) is 0 Å². The van der Waals surface area contributed by atoms with Crippen molar-refractivity contribution >= 4 is 19.7 Å². The van der Waals surface area contributed by atoms with Crippen molar-refractivity contribution in [2.24, 2.45) is 0 Å². The third kappa shape index (κ3) is 3.89. The molecule has 0 bridgehead atoms. The van der Waals surface area contributed by atoms with Crippen LogP contribution in [-0.2, 0) is 9.05 Å². The van der Waals surface area contributed by atoms with Gasteiger partial charge in [-0.25, -0.2) is 8.42 Å². The van der Waals surface area contributed by atoms with E-state index in [1.165, 1.54) is 6.07 Å². The lowest BCUT2D eigenvalue weighted by atomic mass is 10.0. The van der Waals surface area contributed by atoms with E-state index in [1.54, 1.807) is 12.1 Å². The molecule has 0 aliphatic carbocycles. The van der Waals surface area contributed by atoms with Gasteiger partial charge in [-0.05, 0) is 43.0 Å². The number of benzene rings is 1. The number of halogens is 1. The molecular weight excluding hydrogens is 272 g/mol. The van der Waals surface area contributed by atoms with Gasteiger partial charge in [0.25, 0.3) is 9.05 Å². The Kier molecular flexibility index (Phi) is 5.05. The van der Waals surface area contributed by atoms with Crippen LogP contribution < -0.4 is 4.74 Å². The predicted molar refractivity (Wildman–Crippen MR) is 74.0 cm³/mol. The second kappa shape index (κ2) is 5.93. The zero-order valence-corrected chi connectivity index (χ0v) is 12.7. The highest BCUT2D eigenvalue weighted by Crippen LogP contribution is 2.31. The normalized spacial score (nSPS) is 13.7. The van der Waals surface area contributed by atoms with Crippen LogP contribution in [0.15, 0.2) is 23.1 Å². The van der Waals surface area contributed by atoms with Crippen molar-refractivity contribution in [2.75, 3.05) is 0 Å². The van der Waals surface area contributed by atoms with Crippen LogP contribution in [0.5, 0.6) is 5.75 Å². The quantitative estimate of drug-likeness (QED) is 0.772. The monoisotopic (exact) mass is 290 g/mol. The predicted octanol–water partition coefficient (Wildman–Crippen LogP) is 3.91. The van der Waals surface area contributed by atoms with Crippen molar-refractivity contribution < 1.29 is 13.2 Å². The second-order valence-corrected chi connectivity index (χ2v) is 7.19. The van der Waals surface area contributed by atoms with Gasteiger partial charge in [-0.1, -0.05) is 20.8 Å². The zero-order valence-electron chi connectivity index (χ0n) is 11.1. The minimum atomic E-state index is -3.69. The van der Waals surface area contributed by atoms with E-state index in [9.17, 15) is 8.42 Å². The summed E-state index contributed by atoms with van der Waals surface area (Å²) in [5, 5.41) is 0.